The molecule has 0 spiro atoms. The Morgan fingerprint density at radius 1 is 0.947 bits per heavy atom. The summed E-state index contributed by atoms with van der Waals surface area (Å²) in [5.41, 5.74) is 1.04. The summed E-state index contributed by atoms with van der Waals surface area (Å²) in [6, 6.07) is 5.93. The van der Waals surface area contributed by atoms with Gasteiger partial charge in [0, 0.05) is 31.5 Å². The fourth-order valence-electron chi connectivity index (χ4n) is 1.71. The molecule has 0 heterocycles. The zero-order valence-electron chi connectivity index (χ0n) is 12.2. The topological polar surface area (TPSA) is 39.7 Å². The minimum atomic E-state index is 0.633. The molecule has 1 aromatic carbocycles. The molecule has 0 aliphatic carbocycles. The Morgan fingerprint density at radius 2 is 1.68 bits per heavy atom. The number of benzene rings is 1. The van der Waals surface area contributed by atoms with E-state index in [2.05, 4.69) is 5.32 Å². The summed E-state index contributed by atoms with van der Waals surface area (Å²) in [4.78, 5) is 0. The van der Waals surface area contributed by atoms with Crippen molar-refractivity contribution in [3.63, 3.8) is 0 Å². The lowest BCUT2D eigenvalue weighted by Crippen LogP contribution is -2.06. The molecule has 19 heavy (non-hydrogen) atoms. The fraction of sp³-hybridized carbons (Fsp3) is 0.600. The van der Waals surface area contributed by atoms with Gasteiger partial charge in [-0.25, -0.2) is 0 Å². The van der Waals surface area contributed by atoms with Crippen LogP contribution in [-0.2, 0) is 4.74 Å². The third-order valence-corrected chi connectivity index (χ3v) is 2.54. The van der Waals surface area contributed by atoms with Gasteiger partial charge in [-0.3, -0.25) is 0 Å². The van der Waals surface area contributed by atoms with E-state index in [1.807, 2.05) is 39.0 Å². The summed E-state index contributed by atoms with van der Waals surface area (Å²) in [5.74, 6) is 1.59. The molecule has 0 aromatic heterocycles. The SMILES string of the molecule is CCOCCCNc1ccc(OCC)c(OCC)c1. The zero-order valence-corrected chi connectivity index (χ0v) is 12.2. The lowest BCUT2D eigenvalue weighted by molar-refractivity contribution is 0.147. The van der Waals surface area contributed by atoms with Crippen LogP contribution in [0.4, 0.5) is 5.69 Å². The number of hydrogen-bond acceptors (Lipinski definition) is 4. The van der Waals surface area contributed by atoms with E-state index in [1.165, 1.54) is 0 Å². The first-order chi connectivity index (χ1) is 9.31. The highest BCUT2D eigenvalue weighted by Crippen LogP contribution is 2.30. The van der Waals surface area contributed by atoms with Gasteiger partial charge < -0.3 is 19.5 Å². The standard InChI is InChI=1S/C15H25NO3/c1-4-17-11-7-10-16-13-8-9-14(18-5-2)15(12-13)19-6-3/h8-9,12,16H,4-7,10-11H2,1-3H3. The molecule has 0 bridgehead atoms. The lowest BCUT2D eigenvalue weighted by atomic mass is 10.2. The predicted octanol–water partition coefficient (Wildman–Crippen LogP) is 3.32. The quantitative estimate of drug-likeness (QED) is 0.660. The molecule has 0 atom stereocenters. The van der Waals surface area contributed by atoms with Crippen molar-refractivity contribution < 1.29 is 14.2 Å². The lowest BCUT2D eigenvalue weighted by Gasteiger charge is -2.13. The van der Waals surface area contributed by atoms with Crippen molar-refractivity contribution in [2.75, 3.05) is 38.3 Å². The molecule has 108 valence electrons. The molecule has 0 radical (unpaired) electrons. The van der Waals surface area contributed by atoms with E-state index in [0.717, 1.165) is 43.4 Å². The maximum absolute atomic E-state index is 5.59. The van der Waals surface area contributed by atoms with Gasteiger partial charge in [-0.15, -0.1) is 0 Å². The van der Waals surface area contributed by atoms with Gasteiger partial charge in [0.05, 0.1) is 13.2 Å². The van der Waals surface area contributed by atoms with E-state index in [1.54, 1.807) is 0 Å². The van der Waals surface area contributed by atoms with Crippen LogP contribution in [0.3, 0.4) is 0 Å². The van der Waals surface area contributed by atoms with E-state index in [9.17, 15) is 0 Å². The predicted molar refractivity (Wildman–Crippen MR) is 78.4 cm³/mol. The van der Waals surface area contributed by atoms with Crippen LogP contribution in [0, 0.1) is 0 Å². The van der Waals surface area contributed by atoms with Crippen LogP contribution in [0.15, 0.2) is 18.2 Å². The number of anilines is 1. The Balaban J connectivity index is 2.51. The highest BCUT2D eigenvalue weighted by Gasteiger charge is 2.05. The van der Waals surface area contributed by atoms with Crippen LogP contribution in [-0.4, -0.2) is 33.0 Å². The van der Waals surface area contributed by atoms with E-state index in [0.29, 0.717) is 13.2 Å². The summed E-state index contributed by atoms with van der Waals surface area (Å²) in [6.07, 6.45) is 0.991. The highest BCUT2D eigenvalue weighted by molar-refractivity contribution is 5.54. The van der Waals surface area contributed by atoms with Crippen molar-refractivity contribution in [3.05, 3.63) is 18.2 Å². The largest absolute Gasteiger partial charge is 0.490 e. The van der Waals surface area contributed by atoms with E-state index in [4.69, 9.17) is 14.2 Å². The average Bonchev–Trinajstić information content (AvgIpc) is 2.42. The molecule has 4 nitrogen and oxygen atoms in total. The summed E-state index contributed by atoms with van der Waals surface area (Å²) in [5, 5.41) is 3.36. The molecule has 0 unspecified atom stereocenters. The van der Waals surface area contributed by atoms with E-state index >= 15 is 0 Å². The molecule has 1 aromatic rings. The molecule has 0 fully saturated rings. The second-order valence-electron chi connectivity index (χ2n) is 4.00. The van der Waals surface area contributed by atoms with Crippen LogP contribution in [0.2, 0.25) is 0 Å². The second-order valence-corrected chi connectivity index (χ2v) is 4.00. The Bertz CT molecular complexity index is 355. The van der Waals surface area contributed by atoms with Gasteiger partial charge in [0.25, 0.3) is 0 Å². The van der Waals surface area contributed by atoms with Gasteiger partial charge in [0.2, 0.25) is 0 Å². The third-order valence-electron chi connectivity index (χ3n) is 2.54. The van der Waals surface area contributed by atoms with Crippen LogP contribution in [0.1, 0.15) is 27.2 Å². The number of nitrogens with one attached hydrogen (secondary N) is 1. The van der Waals surface area contributed by atoms with Crippen molar-refractivity contribution in [1.82, 2.24) is 0 Å². The Morgan fingerprint density at radius 3 is 2.37 bits per heavy atom. The summed E-state index contributed by atoms with van der Waals surface area (Å²) < 4.78 is 16.4. The van der Waals surface area contributed by atoms with Crippen molar-refractivity contribution in [1.29, 1.82) is 0 Å². The number of rotatable bonds is 10. The average molecular weight is 267 g/mol. The maximum atomic E-state index is 5.59. The Labute approximate surface area is 116 Å². The Hall–Kier alpha value is -1.42. The number of hydrogen-bond donors (Lipinski definition) is 1. The van der Waals surface area contributed by atoms with Gasteiger partial charge in [0.15, 0.2) is 11.5 Å². The smallest absolute Gasteiger partial charge is 0.163 e. The van der Waals surface area contributed by atoms with E-state index in [-0.39, 0.29) is 0 Å². The van der Waals surface area contributed by atoms with Crippen LogP contribution >= 0.6 is 0 Å². The van der Waals surface area contributed by atoms with Crippen LogP contribution in [0.5, 0.6) is 11.5 Å². The second kappa shape index (κ2) is 9.50. The van der Waals surface area contributed by atoms with Gasteiger partial charge >= 0.3 is 0 Å². The fourth-order valence-corrected chi connectivity index (χ4v) is 1.71. The summed E-state index contributed by atoms with van der Waals surface area (Å²) >= 11 is 0. The highest BCUT2D eigenvalue weighted by atomic mass is 16.5. The zero-order chi connectivity index (χ0) is 13.9. The van der Waals surface area contributed by atoms with Gasteiger partial charge in [-0.1, -0.05) is 0 Å². The molecule has 0 aliphatic heterocycles. The molecule has 0 amide bonds. The van der Waals surface area contributed by atoms with Gasteiger partial charge in [-0.05, 0) is 39.3 Å². The van der Waals surface area contributed by atoms with E-state index < -0.39 is 0 Å². The normalized spacial score (nSPS) is 10.3. The van der Waals surface area contributed by atoms with Crippen molar-refractivity contribution in [2.24, 2.45) is 0 Å². The first-order valence-electron chi connectivity index (χ1n) is 7.03. The molecule has 0 aliphatic rings. The molecular formula is C15H25NO3. The minimum absolute atomic E-state index is 0.633. The van der Waals surface area contributed by atoms with Crippen molar-refractivity contribution in [2.45, 2.75) is 27.2 Å². The van der Waals surface area contributed by atoms with Crippen LogP contribution < -0.4 is 14.8 Å². The van der Waals surface area contributed by atoms with Crippen molar-refractivity contribution in [3.8, 4) is 11.5 Å². The van der Waals surface area contributed by atoms with Crippen molar-refractivity contribution >= 4 is 5.69 Å². The summed E-state index contributed by atoms with van der Waals surface area (Å²) in [7, 11) is 0. The Kier molecular flexibility index (Phi) is 7.82. The first-order valence-corrected chi connectivity index (χ1v) is 7.03. The third kappa shape index (κ3) is 5.83. The van der Waals surface area contributed by atoms with Gasteiger partial charge in [0.1, 0.15) is 0 Å². The minimum Gasteiger partial charge on any atom is -0.490 e. The molecular weight excluding hydrogens is 242 g/mol. The molecule has 0 saturated carbocycles. The molecule has 0 saturated heterocycles. The van der Waals surface area contributed by atoms with Gasteiger partial charge in [-0.2, -0.15) is 0 Å². The first kappa shape index (κ1) is 15.6. The summed E-state index contributed by atoms with van der Waals surface area (Å²) in [6.45, 7) is 9.67. The van der Waals surface area contributed by atoms with Crippen LogP contribution in [0.25, 0.3) is 0 Å². The molecule has 1 N–H and O–H groups in total. The monoisotopic (exact) mass is 267 g/mol. The molecule has 4 heteroatoms. The maximum Gasteiger partial charge on any atom is 0.163 e. The molecule has 1 rings (SSSR count). The number of ether oxygens (including phenoxy) is 3.